The van der Waals surface area contributed by atoms with E-state index in [1.54, 1.807) is 11.3 Å². The molecule has 0 aliphatic heterocycles. The van der Waals surface area contributed by atoms with Crippen LogP contribution < -0.4 is 16.4 Å². The normalized spacial score (nSPS) is 11.8. The molecule has 5 aromatic rings. The smallest absolute Gasteiger partial charge is 0.261 e. The predicted molar refractivity (Wildman–Crippen MR) is 146 cm³/mol. The van der Waals surface area contributed by atoms with E-state index >= 15 is 0 Å². The van der Waals surface area contributed by atoms with Crippen LogP contribution in [-0.2, 0) is 11.3 Å². The number of benzene rings is 3. The molecule has 5 rings (SSSR count). The molecular weight excluding hydrogens is 547 g/mol. The summed E-state index contributed by atoms with van der Waals surface area (Å²) in [5.41, 5.74) is -0.399. The van der Waals surface area contributed by atoms with E-state index < -0.39 is 0 Å². The first-order valence-corrected chi connectivity index (χ1v) is 13.5. The van der Waals surface area contributed by atoms with E-state index in [9.17, 15) is 14.4 Å². The van der Waals surface area contributed by atoms with Crippen LogP contribution in [0.2, 0.25) is 0 Å². The maximum atomic E-state index is 13.3. The molecule has 0 radical (unpaired) electrons. The second-order valence-electron chi connectivity index (χ2n) is 8.28. The van der Waals surface area contributed by atoms with Crippen LogP contribution in [0.1, 0.15) is 25.7 Å². The van der Waals surface area contributed by atoms with E-state index in [1.807, 2.05) is 59.0 Å². The first-order valence-electron chi connectivity index (χ1n) is 11.2. The maximum Gasteiger partial charge on any atom is 0.261 e. The fourth-order valence-corrected chi connectivity index (χ4v) is 6.03. The Morgan fingerprint density at radius 1 is 0.788 bits per heavy atom. The number of alkyl halides is 1. The zero-order valence-corrected chi connectivity index (χ0v) is 21.0. The fourth-order valence-electron chi connectivity index (χ4n) is 4.64. The lowest BCUT2D eigenvalue weighted by Crippen LogP contribution is -2.33. The van der Waals surface area contributed by atoms with Crippen LogP contribution in [0.3, 0.4) is 0 Å². The van der Waals surface area contributed by atoms with Gasteiger partial charge in [-0.15, -0.1) is 11.3 Å². The van der Waals surface area contributed by atoms with Gasteiger partial charge in [0.15, 0.2) is 0 Å². The van der Waals surface area contributed by atoms with Crippen molar-refractivity contribution in [2.75, 3.05) is 11.0 Å². The van der Waals surface area contributed by atoms with Crippen LogP contribution in [-0.4, -0.2) is 21.4 Å². The summed E-state index contributed by atoms with van der Waals surface area (Å²) in [6, 6.07) is 16.1. The van der Waals surface area contributed by atoms with Crippen molar-refractivity contribution >= 4 is 81.6 Å². The lowest BCUT2D eigenvalue weighted by Gasteiger charge is -2.14. The van der Waals surface area contributed by atoms with Gasteiger partial charge in [0.05, 0.1) is 4.43 Å². The van der Waals surface area contributed by atoms with E-state index in [0.717, 1.165) is 51.9 Å². The second-order valence-corrected chi connectivity index (χ2v) is 10.1. The molecule has 2 heterocycles. The number of hydrogen-bond donors (Lipinski definition) is 1. The Hall–Kier alpha value is -2.52. The van der Waals surface area contributed by atoms with Crippen molar-refractivity contribution < 1.29 is 4.79 Å². The molecule has 0 aliphatic rings. The van der Waals surface area contributed by atoms with Gasteiger partial charge in [-0.3, -0.25) is 19.0 Å². The van der Waals surface area contributed by atoms with Crippen molar-refractivity contribution in [1.82, 2.24) is 9.88 Å². The molecule has 33 heavy (non-hydrogen) atoms. The van der Waals surface area contributed by atoms with Crippen molar-refractivity contribution in [3.63, 3.8) is 0 Å². The van der Waals surface area contributed by atoms with Gasteiger partial charge in [0, 0.05) is 44.0 Å². The Morgan fingerprint density at radius 2 is 1.48 bits per heavy atom. The first-order chi connectivity index (χ1) is 16.1. The number of unbranched alkanes of at least 4 members (excludes halogenated alkanes) is 3. The minimum absolute atomic E-state index is 0.0563. The van der Waals surface area contributed by atoms with E-state index in [0.29, 0.717) is 28.3 Å². The van der Waals surface area contributed by atoms with Crippen molar-refractivity contribution in [3.05, 3.63) is 69.2 Å². The maximum absolute atomic E-state index is 13.3. The molecular formula is C26H23IN2O3S. The third-order valence-corrected chi connectivity index (χ3v) is 8.05. The first kappa shape index (κ1) is 22.3. The molecule has 1 N–H and O–H groups in total. The number of rotatable bonds is 8. The Labute approximate surface area is 207 Å². The van der Waals surface area contributed by atoms with Crippen LogP contribution in [0.4, 0.5) is 0 Å². The Bertz CT molecular complexity index is 1570. The van der Waals surface area contributed by atoms with Gasteiger partial charge in [0.2, 0.25) is 5.91 Å². The lowest BCUT2D eigenvalue weighted by molar-refractivity contribution is -0.118. The zero-order chi connectivity index (χ0) is 22.9. The quantitative estimate of drug-likeness (QED) is 0.0890. The number of nitrogens with zero attached hydrogens (tertiary/aromatic N) is 1. The van der Waals surface area contributed by atoms with Crippen molar-refractivity contribution in [2.45, 2.75) is 32.2 Å². The van der Waals surface area contributed by atoms with Gasteiger partial charge in [0.1, 0.15) is 0 Å². The molecule has 2 aromatic heterocycles. The van der Waals surface area contributed by atoms with Crippen LogP contribution >= 0.6 is 33.9 Å². The molecule has 1 amide bonds. The summed E-state index contributed by atoms with van der Waals surface area (Å²) in [5, 5.41) is 8.15. The number of halogens is 1. The summed E-state index contributed by atoms with van der Waals surface area (Å²) in [6.07, 6.45) is 3.52. The molecule has 5 nitrogen and oxygen atoms in total. The van der Waals surface area contributed by atoms with E-state index in [-0.39, 0.29) is 17.0 Å². The molecule has 7 heteroatoms. The number of aromatic nitrogens is 1. The highest BCUT2D eigenvalue weighted by Gasteiger charge is 2.17. The molecule has 0 aliphatic carbocycles. The van der Waals surface area contributed by atoms with E-state index in [2.05, 4.69) is 17.4 Å². The number of amides is 1. The van der Waals surface area contributed by atoms with Crippen molar-refractivity contribution in [3.8, 4) is 0 Å². The zero-order valence-electron chi connectivity index (χ0n) is 18.0. The summed E-state index contributed by atoms with van der Waals surface area (Å²) < 4.78 is 4.16. The highest BCUT2D eigenvalue weighted by Crippen LogP contribution is 2.39. The molecule has 0 bridgehead atoms. The van der Waals surface area contributed by atoms with Crippen LogP contribution in [0.5, 0.6) is 0 Å². The Kier molecular flexibility index (Phi) is 6.34. The van der Waals surface area contributed by atoms with Gasteiger partial charge >= 0.3 is 0 Å². The van der Waals surface area contributed by atoms with Crippen LogP contribution in [0, 0.1) is 0 Å². The summed E-state index contributed by atoms with van der Waals surface area (Å²) in [7, 11) is 0. The minimum atomic E-state index is -0.200. The van der Waals surface area contributed by atoms with E-state index in [4.69, 9.17) is 0 Å². The lowest BCUT2D eigenvalue weighted by atomic mass is 9.97. The molecule has 0 atom stereocenters. The number of fused-ring (bicyclic) bond motifs is 2. The summed E-state index contributed by atoms with van der Waals surface area (Å²) in [5.74, 6) is 0.0563. The second kappa shape index (κ2) is 9.38. The SMILES string of the molecule is O=C(CI)NCCCCCCn1c(=O)c2ccc3sc4ccccc4c4ccc(c1=O)c2c34. The molecule has 3 aromatic carbocycles. The molecule has 0 spiro atoms. The average Bonchev–Trinajstić information content (AvgIpc) is 2.84. The van der Waals surface area contributed by atoms with Gasteiger partial charge in [-0.25, -0.2) is 0 Å². The minimum Gasteiger partial charge on any atom is -0.355 e. The number of pyridine rings is 1. The van der Waals surface area contributed by atoms with Crippen LogP contribution in [0.15, 0.2) is 58.1 Å². The van der Waals surface area contributed by atoms with Gasteiger partial charge < -0.3 is 5.32 Å². The Balaban J connectivity index is 1.47. The third-order valence-electron chi connectivity index (χ3n) is 6.22. The Morgan fingerprint density at radius 3 is 2.27 bits per heavy atom. The highest BCUT2D eigenvalue weighted by molar-refractivity contribution is 14.1. The van der Waals surface area contributed by atoms with Gasteiger partial charge in [-0.2, -0.15) is 0 Å². The molecule has 0 saturated carbocycles. The van der Waals surface area contributed by atoms with Gasteiger partial charge in [0.25, 0.3) is 11.1 Å². The summed E-state index contributed by atoms with van der Waals surface area (Å²) in [4.78, 5) is 37.9. The highest BCUT2D eigenvalue weighted by atomic mass is 127. The monoisotopic (exact) mass is 570 g/mol. The number of carbonyl (C=O) groups is 1. The molecule has 168 valence electrons. The average molecular weight is 570 g/mol. The number of carbonyl (C=O) groups excluding carboxylic acids is 1. The summed E-state index contributed by atoms with van der Waals surface area (Å²) in [6.45, 7) is 1.09. The summed E-state index contributed by atoms with van der Waals surface area (Å²) >= 11 is 3.74. The largest absolute Gasteiger partial charge is 0.355 e. The fraction of sp³-hybridized carbons (Fsp3) is 0.269. The van der Waals surface area contributed by atoms with Gasteiger partial charge in [-0.1, -0.05) is 59.7 Å². The number of hydrogen-bond acceptors (Lipinski definition) is 4. The standard InChI is InChI=1S/C26H23IN2O3S/c27-15-22(30)28-13-5-1-2-6-14-29-25(31)18-10-9-17-16-7-3-4-8-20(16)33-21-12-11-19(26(29)32)23(18)24(17)21/h3-4,7-12H,1-2,5-6,13-15H2,(H,28,30). The van der Waals surface area contributed by atoms with Crippen LogP contribution in [0.25, 0.3) is 41.7 Å². The molecule has 0 unspecified atom stereocenters. The van der Waals surface area contributed by atoms with Crippen molar-refractivity contribution in [1.29, 1.82) is 0 Å². The molecule has 0 fully saturated rings. The van der Waals surface area contributed by atoms with E-state index in [1.165, 1.54) is 9.27 Å². The number of nitrogens with one attached hydrogen (secondary N) is 1. The topological polar surface area (TPSA) is 68.2 Å². The molecule has 0 saturated heterocycles. The predicted octanol–water partition coefficient (Wildman–Crippen LogP) is 5.43. The van der Waals surface area contributed by atoms with Crippen molar-refractivity contribution in [2.24, 2.45) is 0 Å². The van der Waals surface area contributed by atoms with Gasteiger partial charge in [-0.05, 0) is 47.9 Å². The third kappa shape index (κ3) is 4.01.